The number of benzene rings is 2. The summed E-state index contributed by atoms with van der Waals surface area (Å²) in [6.07, 6.45) is 1.63. The van der Waals surface area contributed by atoms with Gasteiger partial charge in [-0.1, -0.05) is 58.7 Å². The van der Waals surface area contributed by atoms with Crippen LogP contribution in [0.4, 0.5) is 0 Å². The summed E-state index contributed by atoms with van der Waals surface area (Å²) in [4.78, 5) is 7.82. The molecule has 2 unspecified atom stereocenters. The summed E-state index contributed by atoms with van der Waals surface area (Å²) >= 11 is 12.1. The molecule has 0 aliphatic carbocycles. The minimum atomic E-state index is -0.623. The van der Waals surface area contributed by atoms with E-state index < -0.39 is 6.10 Å². The van der Waals surface area contributed by atoms with Gasteiger partial charge in [-0.2, -0.15) is 0 Å². The van der Waals surface area contributed by atoms with Crippen LogP contribution in [-0.2, 0) is 16.1 Å². The van der Waals surface area contributed by atoms with E-state index in [-0.39, 0.29) is 12.7 Å². The van der Waals surface area contributed by atoms with Crippen molar-refractivity contribution in [3.8, 4) is 0 Å². The van der Waals surface area contributed by atoms with Crippen molar-refractivity contribution in [2.24, 2.45) is 5.16 Å². The molecule has 0 fully saturated rings. The zero-order chi connectivity index (χ0) is 21.3. The summed E-state index contributed by atoms with van der Waals surface area (Å²) in [6.45, 7) is 5.98. The Balaban J connectivity index is 1.61. The maximum atomic E-state index is 10.4. The second kappa shape index (κ2) is 11.5. The molecule has 2 atom stereocenters. The number of rotatable bonds is 11. The van der Waals surface area contributed by atoms with Crippen molar-refractivity contribution in [3.63, 3.8) is 0 Å². The monoisotopic (exact) mass is 448 g/mol. The first-order valence-corrected chi connectivity index (χ1v) is 10.6. The van der Waals surface area contributed by atoms with Gasteiger partial charge in [0.2, 0.25) is 0 Å². The van der Waals surface area contributed by atoms with Gasteiger partial charge in [-0.15, -0.1) is 6.58 Å². The SMILES string of the molecule is C=CCOCC(O)CN(Cc1cccc(Cl)c1)CC1CC(c2ccc(Cl)cc2)=NO1. The molecule has 2 aromatic rings. The van der Waals surface area contributed by atoms with Crippen molar-refractivity contribution in [3.05, 3.63) is 82.4 Å². The average molecular weight is 449 g/mol. The molecule has 0 saturated carbocycles. The number of halogens is 2. The lowest BCUT2D eigenvalue weighted by Gasteiger charge is -2.27. The molecule has 30 heavy (non-hydrogen) atoms. The van der Waals surface area contributed by atoms with Crippen molar-refractivity contribution < 1.29 is 14.7 Å². The summed E-state index contributed by atoms with van der Waals surface area (Å²) in [5.74, 6) is 0. The Hall–Kier alpha value is -1.89. The molecule has 1 aliphatic heterocycles. The van der Waals surface area contributed by atoms with Gasteiger partial charge in [0.15, 0.2) is 0 Å². The number of hydrogen-bond donors (Lipinski definition) is 1. The highest BCUT2D eigenvalue weighted by molar-refractivity contribution is 6.31. The largest absolute Gasteiger partial charge is 0.390 e. The van der Waals surface area contributed by atoms with Crippen LogP contribution in [0.1, 0.15) is 17.5 Å². The van der Waals surface area contributed by atoms with Crippen LogP contribution in [0.3, 0.4) is 0 Å². The lowest BCUT2D eigenvalue weighted by atomic mass is 10.0. The quantitative estimate of drug-likeness (QED) is 0.404. The molecule has 160 valence electrons. The summed E-state index contributed by atoms with van der Waals surface area (Å²) in [5, 5.41) is 16.0. The van der Waals surface area contributed by atoms with Crippen LogP contribution in [0.15, 0.2) is 66.3 Å². The standard InChI is InChI=1S/C23H26Cl2N2O3/c1-2-10-29-16-21(28)14-27(13-17-4-3-5-20(25)11-17)15-22-12-23(26-30-22)18-6-8-19(24)9-7-18/h2-9,11,21-22,28H,1,10,12-16H2. The van der Waals surface area contributed by atoms with Crippen molar-refractivity contribution in [1.82, 2.24) is 4.90 Å². The molecule has 1 aliphatic rings. The number of oxime groups is 1. The lowest BCUT2D eigenvalue weighted by Crippen LogP contribution is -2.39. The van der Waals surface area contributed by atoms with Gasteiger partial charge < -0.3 is 14.7 Å². The Bertz CT molecular complexity index is 858. The maximum absolute atomic E-state index is 10.4. The molecule has 5 nitrogen and oxygen atoms in total. The molecular weight excluding hydrogens is 423 g/mol. The van der Waals surface area contributed by atoms with Crippen LogP contribution >= 0.6 is 23.2 Å². The Morgan fingerprint density at radius 2 is 2.03 bits per heavy atom. The van der Waals surface area contributed by atoms with Crippen LogP contribution in [0, 0.1) is 0 Å². The summed E-state index contributed by atoms with van der Waals surface area (Å²) in [6, 6.07) is 15.3. The molecule has 0 radical (unpaired) electrons. The maximum Gasteiger partial charge on any atom is 0.145 e. The van der Waals surface area contributed by atoms with Gasteiger partial charge in [-0.05, 0) is 35.4 Å². The number of aliphatic hydroxyl groups excluding tert-OH is 1. The van der Waals surface area contributed by atoms with Crippen LogP contribution in [0.25, 0.3) is 0 Å². The minimum absolute atomic E-state index is 0.101. The zero-order valence-corrected chi connectivity index (χ0v) is 18.2. The molecule has 1 heterocycles. The van der Waals surface area contributed by atoms with Crippen molar-refractivity contribution in [1.29, 1.82) is 0 Å². The number of nitrogens with zero attached hydrogens (tertiary/aromatic N) is 2. The third-order valence-corrected chi connectivity index (χ3v) is 5.17. The van der Waals surface area contributed by atoms with Gasteiger partial charge in [0, 0.05) is 36.1 Å². The van der Waals surface area contributed by atoms with E-state index in [1.807, 2.05) is 48.5 Å². The van der Waals surface area contributed by atoms with Crippen LogP contribution in [0.2, 0.25) is 10.0 Å². The van der Waals surface area contributed by atoms with Gasteiger partial charge in [-0.3, -0.25) is 4.90 Å². The zero-order valence-electron chi connectivity index (χ0n) is 16.7. The Labute approximate surface area is 187 Å². The van der Waals surface area contributed by atoms with E-state index in [0.717, 1.165) is 16.8 Å². The first kappa shape index (κ1) is 22.8. The number of hydrogen-bond acceptors (Lipinski definition) is 5. The predicted octanol–water partition coefficient (Wildman–Crippen LogP) is 4.55. The van der Waals surface area contributed by atoms with Crippen LogP contribution in [-0.4, -0.2) is 54.2 Å². The van der Waals surface area contributed by atoms with Crippen molar-refractivity contribution >= 4 is 28.9 Å². The van der Waals surface area contributed by atoms with E-state index in [9.17, 15) is 5.11 Å². The predicted molar refractivity (Wildman–Crippen MR) is 121 cm³/mol. The van der Waals surface area contributed by atoms with Crippen molar-refractivity contribution in [2.75, 3.05) is 26.3 Å². The van der Waals surface area contributed by atoms with E-state index in [4.69, 9.17) is 32.8 Å². The number of ether oxygens (including phenoxy) is 1. The second-order valence-electron chi connectivity index (χ2n) is 7.28. The third-order valence-electron chi connectivity index (χ3n) is 4.68. The van der Waals surface area contributed by atoms with Gasteiger partial charge >= 0.3 is 0 Å². The normalized spacial score (nSPS) is 16.9. The molecule has 7 heteroatoms. The summed E-state index contributed by atoms with van der Waals surface area (Å²) < 4.78 is 5.39. The fraction of sp³-hybridized carbons (Fsp3) is 0.348. The molecule has 0 aromatic heterocycles. The Morgan fingerprint density at radius 1 is 1.23 bits per heavy atom. The van der Waals surface area contributed by atoms with Gasteiger partial charge in [-0.25, -0.2) is 0 Å². The molecule has 2 aromatic carbocycles. The highest BCUT2D eigenvalue weighted by atomic mass is 35.5. The summed E-state index contributed by atoms with van der Waals surface area (Å²) in [5.41, 5.74) is 2.97. The van der Waals surface area contributed by atoms with Gasteiger partial charge in [0.25, 0.3) is 0 Å². The topological polar surface area (TPSA) is 54.3 Å². The second-order valence-corrected chi connectivity index (χ2v) is 8.15. The average Bonchev–Trinajstić information content (AvgIpc) is 3.17. The van der Waals surface area contributed by atoms with Crippen molar-refractivity contribution in [2.45, 2.75) is 25.2 Å². The van der Waals surface area contributed by atoms with E-state index in [2.05, 4.69) is 16.6 Å². The lowest BCUT2D eigenvalue weighted by molar-refractivity contribution is 0.00336. The molecule has 0 spiro atoms. The highest BCUT2D eigenvalue weighted by Gasteiger charge is 2.26. The molecular formula is C23H26Cl2N2O3. The van der Waals surface area contributed by atoms with Crippen LogP contribution in [0.5, 0.6) is 0 Å². The molecule has 1 N–H and O–H groups in total. The molecule has 0 bridgehead atoms. The fourth-order valence-electron chi connectivity index (χ4n) is 3.36. The highest BCUT2D eigenvalue weighted by Crippen LogP contribution is 2.21. The fourth-order valence-corrected chi connectivity index (χ4v) is 3.70. The van der Waals surface area contributed by atoms with E-state index in [1.165, 1.54) is 0 Å². The minimum Gasteiger partial charge on any atom is -0.390 e. The van der Waals surface area contributed by atoms with E-state index in [1.54, 1.807) is 6.08 Å². The molecule has 0 saturated heterocycles. The van der Waals surface area contributed by atoms with Gasteiger partial charge in [0.05, 0.1) is 25.0 Å². The summed E-state index contributed by atoms with van der Waals surface area (Å²) in [7, 11) is 0. The first-order valence-electron chi connectivity index (χ1n) is 9.85. The third kappa shape index (κ3) is 7.11. The smallest absolute Gasteiger partial charge is 0.145 e. The van der Waals surface area contributed by atoms with E-state index in [0.29, 0.717) is 42.7 Å². The number of aliphatic hydroxyl groups is 1. The molecule has 3 rings (SSSR count). The van der Waals surface area contributed by atoms with Crippen LogP contribution < -0.4 is 0 Å². The first-order chi connectivity index (χ1) is 14.5. The Morgan fingerprint density at radius 3 is 2.77 bits per heavy atom. The van der Waals surface area contributed by atoms with E-state index >= 15 is 0 Å². The Kier molecular flexibility index (Phi) is 8.73. The van der Waals surface area contributed by atoms with Gasteiger partial charge in [0.1, 0.15) is 6.10 Å². The molecule has 0 amide bonds.